The van der Waals surface area contributed by atoms with E-state index in [0.717, 1.165) is 58.6 Å². The SMILES string of the molecule is Cc1c(Nc2c(C#N)cncc2/C=C/c2cccc(CN3CCC(O)C3)n2)ccc2[nH]ccc12. The molecule has 0 bridgehead atoms. The Bertz CT molecular complexity index is 1400. The van der Waals surface area contributed by atoms with Gasteiger partial charge < -0.3 is 15.4 Å². The number of β-amino-alcohol motifs (C(OH)–C–C–N with tert-alkyl or cyclic N) is 1. The molecule has 0 aliphatic carbocycles. The van der Waals surface area contributed by atoms with Crippen molar-refractivity contribution >= 4 is 34.4 Å². The highest BCUT2D eigenvalue weighted by Crippen LogP contribution is 2.31. The van der Waals surface area contributed by atoms with Crippen molar-refractivity contribution in [2.75, 3.05) is 18.4 Å². The lowest BCUT2D eigenvalue weighted by Gasteiger charge is -2.15. The maximum Gasteiger partial charge on any atom is 0.103 e. The van der Waals surface area contributed by atoms with Crippen LogP contribution in [0.25, 0.3) is 23.1 Å². The highest BCUT2D eigenvalue weighted by Gasteiger charge is 2.20. The normalized spacial score (nSPS) is 16.3. The standard InChI is InChI=1S/C27H26N6O/c1-18-24-9-11-30-26(24)8-7-25(18)32-27-19(14-29-15-20(27)13-28)5-6-21-3-2-4-22(31-21)16-33-12-10-23(34)17-33/h2-9,11,14-15,23,30,34H,10,12,16-17H2,1H3,(H,29,32)/b6-5+. The fourth-order valence-corrected chi connectivity index (χ4v) is 4.42. The van der Waals surface area contributed by atoms with Crippen molar-refractivity contribution in [2.45, 2.75) is 26.0 Å². The second-order valence-corrected chi connectivity index (χ2v) is 8.63. The number of aliphatic hydroxyl groups excluding tert-OH is 1. The van der Waals surface area contributed by atoms with Gasteiger partial charge in [0.1, 0.15) is 6.07 Å². The molecule has 1 aliphatic heterocycles. The number of aromatic amines is 1. The van der Waals surface area contributed by atoms with Crippen molar-refractivity contribution in [3.63, 3.8) is 0 Å². The summed E-state index contributed by atoms with van der Waals surface area (Å²) in [4.78, 5) is 14.5. The zero-order valence-electron chi connectivity index (χ0n) is 19.0. The van der Waals surface area contributed by atoms with E-state index in [1.807, 2.05) is 48.7 Å². The number of rotatable bonds is 6. The number of anilines is 2. The third-order valence-electron chi connectivity index (χ3n) is 6.25. The Kier molecular flexibility index (Phi) is 6.09. The van der Waals surface area contributed by atoms with Crippen LogP contribution in [0.3, 0.4) is 0 Å². The van der Waals surface area contributed by atoms with Crippen LogP contribution in [0.4, 0.5) is 11.4 Å². The van der Waals surface area contributed by atoms with Gasteiger partial charge in [0.05, 0.1) is 28.7 Å². The third kappa shape index (κ3) is 4.55. The molecule has 5 rings (SSSR count). The summed E-state index contributed by atoms with van der Waals surface area (Å²) < 4.78 is 0. The Morgan fingerprint density at radius 2 is 2.15 bits per heavy atom. The van der Waals surface area contributed by atoms with E-state index in [0.29, 0.717) is 17.8 Å². The van der Waals surface area contributed by atoms with Crippen LogP contribution < -0.4 is 5.32 Å². The van der Waals surface area contributed by atoms with Gasteiger partial charge in [0.2, 0.25) is 0 Å². The first-order valence-electron chi connectivity index (χ1n) is 11.4. The molecule has 4 aromatic rings. The fourth-order valence-electron chi connectivity index (χ4n) is 4.42. The van der Waals surface area contributed by atoms with Crippen LogP contribution in [0.5, 0.6) is 0 Å². The predicted molar refractivity (Wildman–Crippen MR) is 134 cm³/mol. The van der Waals surface area contributed by atoms with Gasteiger partial charge in [0, 0.05) is 60.4 Å². The van der Waals surface area contributed by atoms with Crippen LogP contribution in [0, 0.1) is 18.3 Å². The van der Waals surface area contributed by atoms with Crippen LogP contribution in [-0.4, -0.2) is 44.2 Å². The minimum absolute atomic E-state index is 0.240. The number of likely N-dealkylation sites (tertiary alicyclic amines) is 1. The number of fused-ring (bicyclic) bond motifs is 1. The lowest BCUT2D eigenvalue weighted by molar-refractivity contribution is 0.174. The average molecular weight is 451 g/mol. The molecule has 1 saturated heterocycles. The van der Waals surface area contributed by atoms with Crippen LogP contribution in [0.2, 0.25) is 0 Å². The lowest BCUT2D eigenvalue weighted by Crippen LogP contribution is -2.22. The summed E-state index contributed by atoms with van der Waals surface area (Å²) in [7, 11) is 0. The number of nitrogens with one attached hydrogen (secondary N) is 2. The molecule has 1 aromatic carbocycles. The smallest absolute Gasteiger partial charge is 0.103 e. The molecule has 1 aliphatic rings. The summed E-state index contributed by atoms with van der Waals surface area (Å²) in [5, 5.41) is 24.1. The maximum absolute atomic E-state index is 9.77. The minimum atomic E-state index is -0.240. The fraction of sp³-hybridized carbons (Fsp3) is 0.222. The summed E-state index contributed by atoms with van der Waals surface area (Å²) in [5.74, 6) is 0. The van der Waals surface area contributed by atoms with Crippen molar-refractivity contribution in [1.29, 1.82) is 5.26 Å². The number of hydrogen-bond acceptors (Lipinski definition) is 6. The minimum Gasteiger partial charge on any atom is -0.392 e. The van der Waals surface area contributed by atoms with Gasteiger partial charge in [-0.2, -0.15) is 5.26 Å². The molecule has 1 atom stereocenters. The van der Waals surface area contributed by atoms with E-state index >= 15 is 0 Å². The first-order chi connectivity index (χ1) is 16.6. The summed E-state index contributed by atoms with van der Waals surface area (Å²) in [6.45, 7) is 4.36. The van der Waals surface area contributed by atoms with E-state index in [1.165, 1.54) is 0 Å². The number of aryl methyl sites for hydroxylation is 1. The largest absolute Gasteiger partial charge is 0.392 e. The van der Waals surface area contributed by atoms with Crippen LogP contribution in [0.1, 0.15) is 34.5 Å². The van der Waals surface area contributed by atoms with E-state index in [9.17, 15) is 10.4 Å². The van der Waals surface area contributed by atoms with Crippen molar-refractivity contribution in [2.24, 2.45) is 0 Å². The molecule has 3 aromatic heterocycles. The molecule has 0 saturated carbocycles. The Balaban J connectivity index is 1.42. The molecular formula is C27H26N6O. The topological polar surface area (TPSA) is 101 Å². The molecule has 0 radical (unpaired) electrons. The second kappa shape index (κ2) is 9.48. The second-order valence-electron chi connectivity index (χ2n) is 8.63. The summed E-state index contributed by atoms with van der Waals surface area (Å²) in [6, 6.07) is 14.3. The molecule has 3 N–H and O–H groups in total. The maximum atomic E-state index is 9.77. The lowest BCUT2D eigenvalue weighted by atomic mass is 10.1. The predicted octanol–water partition coefficient (Wildman–Crippen LogP) is 4.62. The van der Waals surface area contributed by atoms with Gasteiger partial charge in [0.25, 0.3) is 0 Å². The molecule has 7 heteroatoms. The van der Waals surface area contributed by atoms with E-state index in [-0.39, 0.29) is 6.10 Å². The first kappa shape index (κ1) is 21.8. The van der Waals surface area contributed by atoms with Gasteiger partial charge in [-0.3, -0.25) is 14.9 Å². The Morgan fingerprint density at radius 1 is 1.24 bits per heavy atom. The number of pyridine rings is 2. The van der Waals surface area contributed by atoms with Crippen LogP contribution >= 0.6 is 0 Å². The Morgan fingerprint density at radius 3 is 2.97 bits per heavy atom. The van der Waals surface area contributed by atoms with Gasteiger partial charge >= 0.3 is 0 Å². The van der Waals surface area contributed by atoms with Crippen molar-refractivity contribution in [1.82, 2.24) is 19.9 Å². The molecule has 1 fully saturated rings. The number of benzene rings is 1. The zero-order valence-corrected chi connectivity index (χ0v) is 19.0. The van der Waals surface area contributed by atoms with Crippen molar-refractivity contribution in [3.8, 4) is 6.07 Å². The van der Waals surface area contributed by atoms with Gasteiger partial charge in [-0.05, 0) is 61.4 Å². The number of aliphatic hydroxyl groups is 1. The zero-order chi connectivity index (χ0) is 23.5. The van der Waals surface area contributed by atoms with E-state index in [1.54, 1.807) is 12.4 Å². The highest BCUT2D eigenvalue weighted by molar-refractivity contribution is 5.90. The number of nitriles is 1. The third-order valence-corrected chi connectivity index (χ3v) is 6.25. The molecular weight excluding hydrogens is 424 g/mol. The molecule has 170 valence electrons. The first-order valence-corrected chi connectivity index (χ1v) is 11.4. The Hall–Kier alpha value is -3.99. The molecule has 1 unspecified atom stereocenters. The van der Waals surface area contributed by atoms with E-state index < -0.39 is 0 Å². The highest BCUT2D eigenvalue weighted by atomic mass is 16.3. The Labute approximate surface area is 198 Å². The van der Waals surface area contributed by atoms with Gasteiger partial charge in [-0.25, -0.2) is 0 Å². The summed E-state index contributed by atoms with van der Waals surface area (Å²) in [5.41, 5.74) is 6.92. The van der Waals surface area contributed by atoms with Gasteiger partial charge in [-0.15, -0.1) is 0 Å². The summed E-state index contributed by atoms with van der Waals surface area (Å²) >= 11 is 0. The van der Waals surface area contributed by atoms with Crippen LogP contribution in [-0.2, 0) is 6.54 Å². The average Bonchev–Trinajstić information content (AvgIpc) is 3.49. The van der Waals surface area contributed by atoms with Crippen LogP contribution in [0.15, 0.2) is 55.0 Å². The molecule has 4 heterocycles. The monoisotopic (exact) mass is 450 g/mol. The van der Waals surface area contributed by atoms with E-state index in [4.69, 9.17) is 4.98 Å². The number of aromatic nitrogens is 3. The van der Waals surface area contributed by atoms with E-state index in [2.05, 4.69) is 39.2 Å². The number of H-pyrrole nitrogens is 1. The quantitative estimate of drug-likeness (QED) is 0.396. The number of hydrogen-bond donors (Lipinski definition) is 3. The molecule has 7 nitrogen and oxygen atoms in total. The molecule has 0 amide bonds. The number of nitrogens with zero attached hydrogens (tertiary/aromatic N) is 4. The summed E-state index contributed by atoms with van der Waals surface area (Å²) in [6.07, 6.45) is 9.70. The van der Waals surface area contributed by atoms with Crippen molar-refractivity contribution in [3.05, 3.63) is 83.1 Å². The van der Waals surface area contributed by atoms with Gasteiger partial charge in [-0.1, -0.05) is 6.07 Å². The van der Waals surface area contributed by atoms with Gasteiger partial charge in [0.15, 0.2) is 0 Å². The molecule has 0 spiro atoms. The molecule has 34 heavy (non-hydrogen) atoms. The van der Waals surface area contributed by atoms with Crippen molar-refractivity contribution < 1.29 is 5.11 Å².